The number of rotatable bonds is 9. The lowest BCUT2D eigenvalue weighted by molar-refractivity contribution is 0.173. The minimum absolute atomic E-state index is 0.302. The van der Waals surface area contributed by atoms with Crippen LogP contribution in [0.5, 0.6) is 23.0 Å². The Balaban J connectivity index is 1.13. The quantitative estimate of drug-likeness (QED) is 0.351. The van der Waals surface area contributed by atoms with Gasteiger partial charge in [0.2, 0.25) is 6.79 Å². The number of hydrogen-bond acceptors (Lipinski definition) is 6. The average Bonchev–Trinajstić information content (AvgIpc) is 3.32. The zero-order valence-corrected chi connectivity index (χ0v) is 17.7. The van der Waals surface area contributed by atoms with E-state index in [9.17, 15) is 0 Å². The minimum atomic E-state index is 0.302. The summed E-state index contributed by atoms with van der Waals surface area (Å²) in [5.41, 5.74) is 3.11. The van der Waals surface area contributed by atoms with Gasteiger partial charge in [0.15, 0.2) is 11.5 Å². The lowest BCUT2D eigenvalue weighted by Crippen LogP contribution is -2.18. The van der Waals surface area contributed by atoms with E-state index in [0.29, 0.717) is 6.79 Å². The molecule has 3 aromatic carbocycles. The molecule has 162 valence electrons. The smallest absolute Gasteiger partial charge is 0.231 e. The highest BCUT2D eigenvalue weighted by Crippen LogP contribution is 2.35. The molecule has 6 heteroatoms. The van der Waals surface area contributed by atoms with E-state index in [-0.39, 0.29) is 0 Å². The number of nitrogens with one attached hydrogen (secondary N) is 2. The second-order valence-electron chi connectivity index (χ2n) is 7.56. The van der Waals surface area contributed by atoms with Crippen LogP contribution in [0.2, 0.25) is 0 Å². The molecule has 32 heavy (non-hydrogen) atoms. The van der Waals surface area contributed by atoms with Crippen LogP contribution in [0.3, 0.4) is 0 Å². The zero-order valence-electron chi connectivity index (χ0n) is 17.7. The molecule has 0 radical (unpaired) electrons. The summed E-state index contributed by atoms with van der Waals surface area (Å²) in [7, 11) is 0. The van der Waals surface area contributed by atoms with Crippen molar-refractivity contribution in [2.45, 2.75) is 13.0 Å². The first-order valence-corrected chi connectivity index (χ1v) is 10.8. The Hall–Kier alpha value is -3.77. The van der Waals surface area contributed by atoms with Gasteiger partial charge in [0, 0.05) is 42.0 Å². The summed E-state index contributed by atoms with van der Waals surface area (Å²) in [5.74, 6) is 3.28. The lowest BCUT2D eigenvalue weighted by atomic mass is 10.1. The number of ether oxygens (including phenoxy) is 3. The molecular weight excluding hydrogens is 402 g/mol. The minimum Gasteiger partial charge on any atom is -0.457 e. The second-order valence-corrected chi connectivity index (χ2v) is 7.56. The van der Waals surface area contributed by atoms with E-state index >= 15 is 0 Å². The van der Waals surface area contributed by atoms with Crippen molar-refractivity contribution in [3.8, 4) is 23.0 Å². The van der Waals surface area contributed by atoms with E-state index in [1.807, 2.05) is 66.9 Å². The van der Waals surface area contributed by atoms with Crippen LogP contribution < -0.4 is 24.8 Å². The fourth-order valence-electron chi connectivity index (χ4n) is 3.76. The molecule has 0 atom stereocenters. The van der Waals surface area contributed by atoms with Gasteiger partial charge in [-0.1, -0.05) is 30.3 Å². The summed E-state index contributed by atoms with van der Waals surface area (Å²) in [5, 5.41) is 8.09. The SMILES string of the molecule is c1ccc(Oc2ccc3c(NCCCNCc4cccc5c4OCO5)ccnc3c2)cc1. The van der Waals surface area contributed by atoms with Crippen molar-refractivity contribution >= 4 is 16.6 Å². The number of hydrogen-bond donors (Lipinski definition) is 2. The monoisotopic (exact) mass is 427 g/mol. The number of benzene rings is 3. The Labute approximate surface area is 187 Å². The number of anilines is 1. The topological polar surface area (TPSA) is 64.6 Å². The third-order valence-corrected chi connectivity index (χ3v) is 5.33. The highest BCUT2D eigenvalue weighted by Gasteiger charge is 2.16. The highest BCUT2D eigenvalue weighted by atomic mass is 16.7. The van der Waals surface area contributed by atoms with Crippen LogP contribution >= 0.6 is 0 Å². The molecule has 0 saturated carbocycles. The van der Waals surface area contributed by atoms with Crippen LogP contribution in [0.1, 0.15) is 12.0 Å². The first-order valence-electron chi connectivity index (χ1n) is 10.8. The van der Waals surface area contributed by atoms with Crippen LogP contribution in [0, 0.1) is 0 Å². The normalized spacial score (nSPS) is 12.1. The number of fused-ring (bicyclic) bond motifs is 2. The molecule has 0 unspecified atom stereocenters. The second kappa shape index (κ2) is 9.58. The summed E-state index contributed by atoms with van der Waals surface area (Å²) >= 11 is 0. The van der Waals surface area contributed by atoms with Gasteiger partial charge in [0.05, 0.1) is 5.52 Å². The molecule has 0 bridgehead atoms. The third kappa shape index (κ3) is 4.60. The predicted octanol–water partition coefficient (Wildman–Crippen LogP) is 5.35. The third-order valence-electron chi connectivity index (χ3n) is 5.33. The number of aromatic nitrogens is 1. The molecule has 1 aromatic heterocycles. The van der Waals surface area contributed by atoms with Crippen molar-refractivity contribution in [3.63, 3.8) is 0 Å². The van der Waals surface area contributed by atoms with Gasteiger partial charge in [-0.2, -0.15) is 0 Å². The Morgan fingerprint density at radius 1 is 0.875 bits per heavy atom. The fourth-order valence-corrected chi connectivity index (χ4v) is 3.76. The molecule has 1 aliphatic rings. The Morgan fingerprint density at radius 3 is 2.75 bits per heavy atom. The molecule has 0 fully saturated rings. The van der Waals surface area contributed by atoms with E-state index in [1.54, 1.807) is 0 Å². The molecule has 2 heterocycles. The van der Waals surface area contributed by atoms with Gasteiger partial charge in [-0.05, 0) is 49.4 Å². The fraction of sp³-hybridized carbons (Fsp3) is 0.192. The molecular formula is C26H25N3O3. The average molecular weight is 428 g/mol. The van der Waals surface area contributed by atoms with Crippen LogP contribution in [-0.2, 0) is 6.54 Å². The van der Waals surface area contributed by atoms with Gasteiger partial charge in [0.1, 0.15) is 11.5 Å². The van der Waals surface area contributed by atoms with E-state index in [0.717, 1.165) is 71.2 Å². The van der Waals surface area contributed by atoms with Gasteiger partial charge in [-0.15, -0.1) is 0 Å². The summed E-state index contributed by atoms with van der Waals surface area (Å²) in [6.07, 6.45) is 2.82. The van der Waals surface area contributed by atoms with Crippen molar-refractivity contribution in [2.75, 3.05) is 25.2 Å². The Morgan fingerprint density at radius 2 is 1.81 bits per heavy atom. The van der Waals surface area contributed by atoms with E-state index in [2.05, 4.69) is 27.8 Å². The molecule has 1 aliphatic heterocycles. The van der Waals surface area contributed by atoms with Gasteiger partial charge < -0.3 is 24.8 Å². The van der Waals surface area contributed by atoms with Crippen molar-refractivity contribution in [1.82, 2.24) is 10.3 Å². The first-order chi connectivity index (χ1) is 15.9. The molecule has 2 N–H and O–H groups in total. The maximum Gasteiger partial charge on any atom is 0.231 e. The van der Waals surface area contributed by atoms with Gasteiger partial charge in [-0.3, -0.25) is 4.98 Å². The van der Waals surface area contributed by atoms with Crippen LogP contribution in [0.4, 0.5) is 5.69 Å². The van der Waals surface area contributed by atoms with Gasteiger partial charge in [-0.25, -0.2) is 0 Å². The van der Waals surface area contributed by atoms with Gasteiger partial charge in [0.25, 0.3) is 0 Å². The lowest BCUT2D eigenvalue weighted by Gasteiger charge is -2.12. The largest absolute Gasteiger partial charge is 0.457 e. The Kier molecular flexibility index (Phi) is 6.03. The van der Waals surface area contributed by atoms with E-state index in [1.165, 1.54) is 0 Å². The summed E-state index contributed by atoms with van der Waals surface area (Å²) in [4.78, 5) is 4.51. The standard InChI is InChI=1S/C26H25N3O3/c1-2-7-20(8-3-1)32-21-10-11-22-23(12-15-29-24(22)16-21)28-14-5-13-27-17-19-6-4-9-25-26(19)31-18-30-25/h1-4,6-12,15-16,27H,5,13-14,17-18H2,(H,28,29). The molecule has 0 amide bonds. The van der Waals surface area contributed by atoms with E-state index < -0.39 is 0 Å². The maximum absolute atomic E-state index is 5.93. The van der Waals surface area contributed by atoms with Crippen molar-refractivity contribution < 1.29 is 14.2 Å². The molecule has 0 saturated heterocycles. The molecule has 0 aliphatic carbocycles. The zero-order chi connectivity index (χ0) is 21.6. The number of para-hydroxylation sites is 2. The van der Waals surface area contributed by atoms with E-state index in [4.69, 9.17) is 14.2 Å². The molecule has 6 nitrogen and oxygen atoms in total. The molecule has 5 rings (SSSR count). The summed E-state index contributed by atoms with van der Waals surface area (Å²) < 4.78 is 16.9. The highest BCUT2D eigenvalue weighted by molar-refractivity contribution is 5.91. The van der Waals surface area contributed by atoms with Crippen molar-refractivity contribution in [3.05, 3.63) is 84.6 Å². The Bertz CT molecular complexity index is 1200. The van der Waals surface area contributed by atoms with Crippen molar-refractivity contribution in [1.29, 1.82) is 0 Å². The summed E-state index contributed by atoms with van der Waals surface area (Å²) in [6.45, 7) is 2.82. The maximum atomic E-state index is 5.93. The molecule has 4 aromatic rings. The summed E-state index contributed by atoms with van der Waals surface area (Å²) in [6, 6.07) is 23.8. The van der Waals surface area contributed by atoms with Crippen LogP contribution in [0.15, 0.2) is 79.0 Å². The van der Waals surface area contributed by atoms with Crippen LogP contribution in [-0.4, -0.2) is 24.9 Å². The molecule has 0 spiro atoms. The number of nitrogens with zero attached hydrogens (tertiary/aromatic N) is 1. The van der Waals surface area contributed by atoms with Gasteiger partial charge >= 0.3 is 0 Å². The van der Waals surface area contributed by atoms with Crippen molar-refractivity contribution in [2.24, 2.45) is 0 Å². The first kappa shape index (κ1) is 20.2. The predicted molar refractivity (Wildman–Crippen MR) is 126 cm³/mol. The number of pyridine rings is 1. The van der Waals surface area contributed by atoms with Crippen LogP contribution in [0.25, 0.3) is 10.9 Å².